The summed E-state index contributed by atoms with van der Waals surface area (Å²) in [5, 5.41) is 4.24. The molecule has 1 fully saturated rings. The van der Waals surface area contributed by atoms with Crippen molar-refractivity contribution in [2.24, 2.45) is 16.8 Å². The molecule has 0 radical (unpaired) electrons. The summed E-state index contributed by atoms with van der Waals surface area (Å²) in [7, 11) is 0. The smallest absolute Gasteiger partial charge is 0.308 e. The van der Waals surface area contributed by atoms with Gasteiger partial charge in [-0.05, 0) is 44.8 Å². The lowest BCUT2D eigenvalue weighted by Gasteiger charge is -2.21. The molecule has 3 N–H and O–H groups in total. The second-order valence-electron chi connectivity index (χ2n) is 3.68. The first-order chi connectivity index (χ1) is 7.63. The zero-order chi connectivity index (χ0) is 12.0. The molecule has 90 valence electrons. The van der Waals surface area contributed by atoms with Gasteiger partial charge in [0.15, 0.2) is 5.11 Å². The Morgan fingerprint density at radius 2 is 2.25 bits per heavy atom. The Hall–Kier alpha value is -1.17. The lowest BCUT2D eigenvalue weighted by Crippen LogP contribution is -2.28. The van der Waals surface area contributed by atoms with E-state index in [-0.39, 0.29) is 17.0 Å². The average Bonchev–Trinajstić information content (AvgIpc) is 2.27. The van der Waals surface area contributed by atoms with Crippen LogP contribution < -0.4 is 11.2 Å². The van der Waals surface area contributed by atoms with E-state index in [0.717, 1.165) is 31.4 Å². The number of ether oxygens (including phenoxy) is 1. The summed E-state index contributed by atoms with van der Waals surface area (Å²) in [6.07, 6.45) is 3.16. The van der Waals surface area contributed by atoms with Crippen molar-refractivity contribution in [3.8, 4) is 0 Å². The molecule has 1 aliphatic rings. The van der Waals surface area contributed by atoms with Crippen LogP contribution in [0.1, 0.15) is 32.6 Å². The quantitative estimate of drug-likeness (QED) is 0.438. The SMILES string of the molecule is CCOC(=O)C1CCC(=NNC(N)=S)CC1. The predicted molar refractivity (Wildman–Crippen MR) is 65.9 cm³/mol. The summed E-state index contributed by atoms with van der Waals surface area (Å²) < 4.78 is 4.98. The predicted octanol–water partition coefficient (Wildman–Crippen LogP) is 0.929. The third-order valence-electron chi connectivity index (χ3n) is 2.51. The van der Waals surface area contributed by atoms with Gasteiger partial charge in [0.05, 0.1) is 12.5 Å². The van der Waals surface area contributed by atoms with Crippen molar-refractivity contribution in [3.05, 3.63) is 0 Å². The van der Waals surface area contributed by atoms with Gasteiger partial charge in [-0.25, -0.2) is 0 Å². The topological polar surface area (TPSA) is 76.7 Å². The molecule has 1 aliphatic carbocycles. The minimum Gasteiger partial charge on any atom is -0.466 e. The van der Waals surface area contributed by atoms with Crippen LogP contribution >= 0.6 is 12.2 Å². The molecule has 0 aromatic rings. The summed E-state index contributed by atoms with van der Waals surface area (Å²) in [5.74, 6) is -0.0763. The molecule has 0 heterocycles. The second kappa shape index (κ2) is 6.42. The molecule has 0 atom stereocenters. The van der Waals surface area contributed by atoms with Crippen LogP contribution in [-0.2, 0) is 9.53 Å². The van der Waals surface area contributed by atoms with E-state index in [1.165, 1.54) is 0 Å². The molecule has 0 bridgehead atoms. The average molecular weight is 243 g/mol. The Balaban J connectivity index is 2.36. The van der Waals surface area contributed by atoms with Crippen molar-refractivity contribution in [3.63, 3.8) is 0 Å². The number of rotatable bonds is 3. The summed E-state index contributed by atoms with van der Waals surface area (Å²) in [4.78, 5) is 11.5. The molecule has 0 aliphatic heterocycles. The van der Waals surface area contributed by atoms with Gasteiger partial charge in [-0.2, -0.15) is 5.10 Å². The van der Waals surface area contributed by atoms with E-state index in [1.54, 1.807) is 0 Å². The standard InChI is InChI=1S/C10H17N3O2S/c1-2-15-9(14)7-3-5-8(6-4-7)12-13-10(11)16/h7H,2-6H2,1H3,(H3,11,13,16). The van der Waals surface area contributed by atoms with E-state index in [4.69, 9.17) is 10.5 Å². The van der Waals surface area contributed by atoms with Crippen molar-refractivity contribution in [2.75, 3.05) is 6.61 Å². The van der Waals surface area contributed by atoms with Gasteiger partial charge in [0.25, 0.3) is 0 Å². The third kappa shape index (κ3) is 4.14. The van der Waals surface area contributed by atoms with E-state index in [9.17, 15) is 4.79 Å². The Labute approximate surface area is 100 Å². The summed E-state index contributed by atoms with van der Waals surface area (Å²) in [6, 6.07) is 0. The van der Waals surface area contributed by atoms with Gasteiger partial charge in [0, 0.05) is 5.71 Å². The lowest BCUT2D eigenvalue weighted by molar-refractivity contribution is -0.148. The van der Waals surface area contributed by atoms with Crippen LogP contribution in [0.25, 0.3) is 0 Å². The number of hydrogen-bond acceptors (Lipinski definition) is 4. The minimum absolute atomic E-state index is 0.0173. The van der Waals surface area contributed by atoms with E-state index >= 15 is 0 Å². The molecule has 0 aromatic heterocycles. The van der Waals surface area contributed by atoms with Gasteiger partial charge in [0.2, 0.25) is 0 Å². The van der Waals surface area contributed by atoms with Gasteiger partial charge < -0.3 is 10.5 Å². The number of carbonyl (C=O) groups is 1. The van der Waals surface area contributed by atoms with Gasteiger partial charge in [0.1, 0.15) is 0 Å². The van der Waals surface area contributed by atoms with E-state index in [1.807, 2.05) is 6.92 Å². The normalized spacial score (nSPS) is 20.1. The first-order valence-electron chi connectivity index (χ1n) is 5.41. The van der Waals surface area contributed by atoms with Crippen molar-refractivity contribution >= 4 is 29.0 Å². The highest BCUT2D eigenvalue weighted by molar-refractivity contribution is 7.80. The molecular formula is C10H17N3O2S. The molecule has 0 amide bonds. The molecule has 0 saturated heterocycles. The number of nitrogens with zero attached hydrogens (tertiary/aromatic N) is 1. The van der Waals surface area contributed by atoms with Crippen LogP contribution in [0.2, 0.25) is 0 Å². The number of hydrogen-bond donors (Lipinski definition) is 2. The number of thiocarbonyl (C=S) groups is 1. The molecule has 16 heavy (non-hydrogen) atoms. The summed E-state index contributed by atoms with van der Waals surface area (Å²) in [5.41, 5.74) is 8.84. The molecule has 0 spiro atoms. The largest absolute Gasteiger partial charge is 0.466 e. The molecular weight excluding hydrogens is 226 g/mol. The van der Waals surface area contributed by atoms with Gasteiger partial charge in [-0.1, -0.05) is 0 Å². The number of carbonyl (C=O) groups excluding carboxylic acids is 1. The molecule has 5 nitrogen and oxygen atoms in total. The summed E-state index contributed by atoms with van der Waals surface area (Å²) >= 11 is 4.65. The first-order valence-corrected chi connectivity index (χ1v) is 5.81. The number of esters is 1. The Morgan fingerprint density at radius 1 is 1.62 bits per heavy atom. The fraction of sp³-hybridized carbons (Fsp3) is 0.700. The van der Waals surface area contributed by atoms with Gasteiger partial charge in [-0.15, -0.1) is 0 Å². The van der Waals surface area contributed by atoms with E-state index in [0.29, 0.717) is 6.61 Å². The zero-order valence-corrected chi connectivity index (χ0v) is 10.2. The molecule has 6 heteroatoms. The van der Waals surface area contributed by atoms with Crippen LogP contribution in [-0.4, -0.2) is 23.4 Å². The summed E-state index contributed by atoms with van der Waals surface area (Å²) in [6.45, 7) is 2.26. The van der Waals surface area contributed by atoms with Crippen molar-refractivity contribution in [1.82, 2.24) is 5.43 Å². The van der Waals surface area contributed by atoms with Gasteiger partial charge in [-0.3, -0.25) is 10.2 Å². The Kier molecular flexibility index (Phi) is 5.18. The molecule has 0 aromatic carbocycles. The first kappa shape index (κ1) is 12.9. The Morgan fingerprint density at radius 3 is 2.75 bits per heavy atom. The second-order valence-corrected chi connectivity index (χ2v) is 4.12. The highest BCUT2D eigenvalue weighted by Gasteiger charge is 2.24. The molecule has 1 rings (SSSR count). The highest BCUT2D eigenvalue weighted by atomic mass is 32.1. The van der Waals surface area contributed by atoms with E-state index in [2.05, 4.69) is 22.7 Å². The van der Waals surface area contributed by atoms with Gasteiger partial charge >= 0.3 is 5.97 Å². The monoisotopic (exact) mass is 243 g/mol. The number of nitrogens with two attached hydrogens (primary N) is 1. The number of hydrazone groups is 1. The Bertz CT molecular complexity index is 294. The number of nitrogens with one attached hydrogen (secondary N) is 1. The third-order valence-corrected chi connectivity index (χ3v) is 2.60. The molecule has 0 unspecified atom stereocenters. The fourth-order valence-corrected chi connectivity index (χ4v) is 1.74. The van der Waals surface area contributed by atoms with Crippen molar-refractivity contribution < 1.29 is 9.53 Å². The van der Waals surface area contributed by atoms with Crippen molar-refractivity contribution in [1.29, 1.82) is 0 Å². The van der Waals surface area contributed by atoms with Crippen LogP contribution in [0, 0.1) is 5.92 Å². The van der Waals surface area contributed by atoms with E-state index < -0.39 is 0 Å². The fourth-order valence-electron chi connectivity index (χ4n) is 1.69. The maximum absolute atomic E-state index is 11.5. The van der Waals surface area contributed by atoms with Crippen molar-refractivity contribution in [2.45, 2.75) is 32.6 Å². The van der Waals surface area contributed by atoms with Crippen LogP contribution in [0.4, 0.5) is 0 Å². The minimum atomic E-state index is -0.0937. The lowest BCUT2D eigenvalue weighted by atomic mass is 9.88. The van der Waals surface area contributed by atoms with Crippen LogP contribution in [0.5, 0.6) is 0 Å². The maximum atomic E-state index is 11.5. The zero-order valence-electron chi connectivity index (χ0n) is 9.36. The molecule has 1 saturated carbocycles. The maximum Gasteiger partial charge on any atom is 0.308 e. The highest BCUT2D eigenvalue weighted by Crippen LogP contribution is 2.23. The van der Waals surface area contributed by atoms with Crippen LogP contribution in [0.15, 0.2) is 5.10 Å². The van der Waals surface area contributed by atoms with Crippen LogP contribution in [0.3, 0.4) is 0 Å².